The summed E-state index contributed by atoms with van der Waals surface area (Å²) in [5.41, 5.74) is 1.44. The summed E-state index contributed by atoms with van der Waals surface area (Å²) in [4.78, 5) is 28.1. The van der Waals surface area contributed by atoms with Crippen molar-refractivity contribution in [1.29, 1.82) is 0 Å². The molecule has 0 bridgehead atoms. The van der Waals surface area contributed by atoms with Crippen molar-refractivity contribution in [2.24, 2.45) is 0 Å². The Morgan fingerprint density at radius 2 is 1.65 bits per heavy atom. The van der Waals surface area contributed by atoms with E-state index in [1.807, 2.05) is 13.8 Å². The SMILES string of the molecule is CCCCNC(=O)[C@@H](C)N(Cc1ccc(F)cc1)C(=O)CN(c1cc(Cl)ccc1Cl)S(=O)(=O)c1ccc(C)cc1. The van der Waals surface area contributed by atoms with Crippen LogP contribution >= 0.6 is 23.2 Å². The Morgan fingerprint density at radius 1 is 1.00 bits per heavy atom. The van der Waals surface area contributed by atoms with Crippen LogP contribution in [0.2, 0.25) is 10.0 Å². The first-order valence-electron chi connectivity index (χ1n) is 12.8. The summed E-state index contributed by atoms with van der Waals surface area (Å²) in [5.74, 6) is -1.50. The number of anilines is 1. The van der Waals surface area contributed by atoms with E-state index in [2.05, 4.69) is 5.32 Å². The number of aryl methyl sites for hydroxylation is 1. The van der Waals surface area contributed by atoms with Crippen LogP contribution in [0.5, 0.6) is 0 Å². The first-order chi connectivity index (χ1) is 18.9. The predicted octanol–water partition coefficient (Wildman–Crippen LogP) is 5.97. The van der Waals surface area contributed by atoms with Crippen LogP contribution in [0.4, 0.5) is 10.1 Å². The number of unbranched alkanes of at least 4 members (excludes halogenated alkanes) is 1. The molecule has 214 valence electrons. The van der Waals surface area contributed by atoms with E-state index in [1.165, 1.54) is 59.5 Å². The fourth-order valence-corrected chi connectivity index (χ4v) is 5.79. The van der Waals surface area contributed by atoms with E-state index >= 15 is 0 Å². The van der Waals surface area contributed by atoms with Crippen LogP contribution in [0, 0.1) is 12.7 Å². The van der Waals surface area contributed by atoms with E-state index in [0.717, 1.165) is 22.7 Å². The zero-order chi connectivity index (χ0) is 29.4. The Labute approximate surface area is 244 Å². The lowest BCUT2D eigenvalue weighted by atomic mass is 10.1. The standard InChI is InChI=1S/C29H32Cl2FN3O4S/c1-4-5-16-33-29(37)21(3)34(18-22-8-11-24(32)12-9-22)28(36)19-35(27-17-23(30)10-15-26(27)31)40(38,39)25-13-6-20(2)7-14-25/h6-15,17,21H,4-5,16,18-19H2,1-3H3,(H,33,37)/t21-/m1/s1. The summed E-state index contributed by atoms with van der Waals surface area (Å²) >= 11 is 12.6. The molecule has 40 heavy (non-hydrogen) atoms. The smallest absolute Gasteiger partial charge is 0.264 e. The van der Waals surface area contributed by atoms with Gasteiger partial charge >= 0.3 is 0 Å². The van der Waals surface area contributed by atoms with Gasteiger partial charge in [0.2, 0.25) is 11.8 Å². The highest BCUT2D eigenvalue weighted by Gasteiger charge is 2.33. The van der Waals surface area contributed by atoms with Crippen molar-refractivity contribution >= 4 is 50.7 Å². The molecule has 0 aliphatic carbocycles. The van der Waals surface area contributed by atoms with Gasteiger partial charge in [0.1, 0.15) is 18.4 Å². The zero-order valence-electron chi connectivity index (χ0n) is 22.5. The minimum absolute atomic E-state index is 0.0184. The molecule has 2 amide bonds. The largest absolute Gasteiger partial charge is 0.354 e. The molecule has 3 aromatic carbocycles. The zero-order valence-corrected chi connectivity index (χ0v) is 24.9. The number of nitrogens with one attached hydrogen (secondary N) is 1. The molecule has 1 N–H and O–H groups in total. The van der Waals surface area contributed by atoms with Crippen molar-refractivity contribution in [1.82, 2.24) is 10.2 Å². The molecule has 11 heteroatoms. The second kappa shape index (κ2) is 14.0. The number of rotatable bonds is 12. The molecule has 0 saturated carbocycles. The second-order valence-corrected chi connectivity index (χ2v) is 12.1. The summed E-state index contributed by atoms with van der Waals surface area (Å²) < 4.78 is 42.2. The monoisotopic (exact) mass is 607 g/mol. The first kappa shape index (κ1) is 31.4. The molecule has 0 unspecified atom stereocenters. The van der Waals surface area contributed by atoms with Gasteiger partial charge in [-0.1, -0.05) is 66.4 Å². The van der Waals surface area contributed by atoms with Crippen molar-refractivity contribution < 1.29 is 22.4 Å². The molecule has 3 rings (SSSR count). The quantitative estimate of drug-likeness (QED) is 0.257. The summed E-state index contributed by atoms with van der Waals surface area (Å²) in [5, 5.41) is 3.11. The minimum Gasteiger partial charge on any atom is -0.354 e. The van der Waals surface area contributed by atoms with Gasteiger partial charge < -0.3 is 10.2 Å². The van der Waals surface area contributed by atoms with Crippen molar-refractivity contribution in [3.63, 3.8) is 0 Å². The van der Waals surface area contributed by atoms with Crippen LogP contribution in [0.25, 0.3) is 0 Å². The van der Waals surface area contributed by atoms with Crippen LogP contribution in [0.15, 0.2) is 71.6 Å². The maximum atomic E-state index is 13.9. The third-order valence-corrected chi connectivity index (χ3v) is 8.66. The van der Waals surface area contributed by atoms with Gasteiger partial charge in [-0.2, -0.15) is 0 Å². The van der Waals surface area contributed by atoms with Crippen LogP contribution in [-0.4, -0.2) is 44.3 Å². The molecule has 0 radical (unpaired) electrons. The van der Waals surface area contributed by atoms with Crippen molar-refractivity contribution in [3.05, 3.63) is 93.7 Å². The molecule has 3 aromatic rings. The third kappa shape index (κ3) is 7.96. The Hall–Kier alpha value is -3.14. The van der Waals surface area contributed by atoms with Crippen LogP contribution in [-0.2, 0) is 26.2 Å². The van der Waals surface area contributed by atoms with Gasteiger partial charge in [0.25, 0.3) is 10.0 Å². The molecular formula is C29H32Cl2FN3O4S. The van der Waals surface area contributed by atoms with E-state index in [9.17, 15) is 22.4 Å². The Bertz CT molecular complexity index is 1430. The summed E-state index contributed by atoms with van der Waals surface area (Å²) in [6.07, 6.45) is 1.64. The average Bonchev–Trinajstić information content (AvgIpc) is 2.92. The lowest BCUT2D eigenvalue weighted by molar-refractivity contribution is -0.139. The Balaban J connectivity index is 2.04. The fraction of sp³-hybridized carbons (Fsp3) is 0.310. The van der Waals surface area contributed by atoms with Gasteiger partial charge in [-0.25, -0.2) is 12.8 Å². The van der Waals surface area contributed by atoms with Crippen molar-refractivity contribution in [3.8, 4) is 0 Å². The number of halogens is 3. The molecular weight excluding hydrogens is 576 g/mol. The highest BCUT2D eigenvalue weighted by molar-refractivity contribution is 7.92. The van der Waals surface area contributed by atoms with Crippen molar-refractivity contribution in [2.75, 3.05) is 17.4 Å². The summed E-state index contributed by atoms with van der Waals surface area (Å²) in [6, 6.07) is 15.1. The van der Waals surface area contributed by atoms with E-state index in [-0.39, 0.29) is 27.2 Å². The van der Waals surface area contributed by atoms with Gasteiger partial charge in [0.15, 0.2) is 0 Å². The lowest BCUT2D eigenvalue weighted by Gasteiger charge is -2.32. The van der Waals surface area contributed by atoms with Crippen LogP contribution in [0.1, 0.15) is 37.8 Å². The highest BCUT2D eigenvalue weighted by atomic mass is 35.5. The second-order valence-electron chi connectivity index (χ2n) is 9.39. The predicted molar refractivity (Wildman–Crippen MR) is 157 cm³/mol. The Morgan fingerprint density at radius 3 is 2.27 bits per heavy atom. The maximum absolute atomic E-state index is 13.9. The minimum atomic E-state index is -4.29. The van der Waals surface area contributed by atoms with Gasteiger partial charge in [0.05, 0.1) is 15.6 Å². The number of carbonyl (C=O) groups excluding carboxylic acids is 2. The molecule has 7 nitrogen and oxygen atoms in total. The summed E-state index contributed by atoms with van der Waals surface area (Å²) in [7, 11) is -4.29. The van der Waals surface area contributed by atoms with Crippen molar-refractivity contribution in [2.45, 2.75) is 51.1 Å². The molecule has 0 heterocycles. The van der Waals surface area contributed by atoms with E-state index in [0.29, 0.717) is 12.1 Å². The number of sulfonamides is 1. The van der Waals surface area contributed by atoms with Gasteiger partial charge in [0, 0.05) is 18.1 Å². The first-order valence-corrected chi connectivity index (χ1v) is 15.0. The van der Waals surface area contributed by atoms with E-state index < -0.39 is 40.2 Å². The van der Waals surface area contributed by atoms with E-state index in [4.69, 9.17) is 23.2 Å². The van der Waals surface area contributed by atoms with Crippen LogP contribution in [0.3, 0.4) is 0 Å². The number of nitrogens with zero attached hydrogens (tertiary/aromatic N) is 2. The molecule has 0 aliphatic heterocycles. The summed E-state index contributed by atoms with van der Waals surface area (Å²) in [6.45, 7) is 5.10. The highest BCUT2D eigenvalue weighted by Crippen LogP contribution is 2.33. The Kier molecular flexibility index (Phi) is 11.0. The average molecular weight is 609 g/mol. The maximum Gasteiger partial charge on any atom is 0.264 e. The molecule has 0 fully saturated rings. The third-order valence-electron chi connectivity index (χ3n) is 6.33. The molecule has 0 aliphatic rings. The van der Waals surface area contributed by atoms with Crippen LogP contribution < -0.4 is 9.62 Å². The molecule has 0 saturated heterocycles. The topological polar surface area (TPSA) is 86.8 Å². The fourth-order valence-electron chi connectivity index (χ4n) is 3.93. The molecule has 0 aromatic heterocycles. The van der Waals surface area contributed by atoms with Gasteiger partial charge in [-0.05, 0) is 68.3 Å². The number of carbonyl (C=O) groups is 2. The normalized spacial score (nSPS) is 12.1. The molecule has 0 spiro atoms. The van der Waals surface area contributed by atoms with E-state index in [1.54, 1.807) is 19.1 Å². The molecule has 1 atom stereocenters. The lowest BCUT2D eigenvalue weighted by Crippen LogP contribution is -2.51. The van der Waals surface area contributed by atoms with Gasteiger partial charge in [-0.3, -0.25) is 13.9 Å². The number of benzene rings is 3. The van der Waals surface area contributed by atoms with Gasteiger partial charge in [-0.15, -0.1) is 0 Å². The number of hydrogen-bond donors (Lipinski definition) is 1. The number of amides is 2. The number of hydrogen-bond acceptors (Lipinski definition) is 4.